The number of rotatable bonds is 7. The third-order valence-electron chi connectivity index (χ3n) is 3.98. The van der Waals surface area contributed by atoms with Crippen molar-refractivity contribution in [3.63, 3.8) is 0 Å². The molecule has 0 aliphatic carbocycles. The summed E-state index contributed by atoms with van der Waals surface area (Å²) in [5.74, 6) is 0. The Morgan fingerprint density at radius 3 is 1.00 bits per heavy atom. The van der Waals surface area contributed by atoms with Crippen LogP contribution in [-0.2, 0) is 0 Å². The van der Waals surface area contributed by atoms with E-state index in [-0.39, 0.29) is 0 Å². The van der Waals surface area contributed by atoms with Gasteiger partial charge in [-0.05, 0) is 11.1 Å². The lowest BCUT2D eigenvalue weighted by Crippen LogP contribution is -2.48. The van der Waals surface area contributed by atoms with Gasteiger partial charge in [-0.2, -0.15) is 0 Å². The van der Waals surface area contributed by atoms with Gasteiger partial charge in [-0.1, -0.05) is 60.7 Å². The number of aliphatic hydroxyl groups is 6. The molecular formula is C18H22O6. The lowest BCUT2D eigenvalue weighted by atomic mass is 9.91. The van der Waals surface area contributed by atoms with Crippen molar-refractivity contribution in [2.24, 2.45) is 0 Å². The van der Waals surface area contributed by atoms with Gasteiger partial charge in [0, 0.05) is 0 Å². The van der Waals surface area contributed by atoms with Gasteiger partial charge in [-0.25, -0.2) is 0 Å². The Morgan fingerprint density at radius 1 is 0.417 bits per heavy atom. The van der Waals surface area contributed by atoms with Gasteiger partial charge in [0.1, 0.15) is 36.6 Å². The first kappa shape index (κ1) is 18.5. The number of hydrogen-bond donors (Lipinski definition) is 6. The minimum Gasteiger partial charge on any atom is -0.387 e. The van der Waals surface area contributed by atoms with Crippen molar-refractivity contribution < 1.29 is 30.6 Å². The molecule has 6 N–H and O–H groups in total. The standard InChI is InChI=1S/C18H22O6/c19-13(11-7-3-1-4-8-11)15(21)17(23)18(24)16(22)14(20)12-9-5-2-6-10-12/h1-10,13-24H/t13-,14-,15+,16+,17-,18-/m0/s1. The van der Waals surface area contributed by atoms with Gasteiger partial charge < -0.3 is 30.6 Å². The average molecular weight is 334 g/mol. The Labute approximate surface area is 139 Å². The Hall–Kier alpha value is -1.80. The summed E-state index contributed by atoms with van der Waals surface area (Å²) in [6, 6.07) is 16.3. The van der Waals surface area contributed by atoms with Crippen LogP contribution in [0.5, 0.6) is 0 Å². The second kappa shape index (κ2) is 8.34. The summed E-state index contributed by atoms with van der Waals surface area (Å²) >= 11 is 0. The molecular weight excluding hydrogens is 312 g/mol. The molecule has 0 aliphatic heterocycles. The average Bonchev–Trinajstić information content (AvgIpc) is 2.65. The Bertz CT molecular complexity index is 550. The van der Waals surface area contributed by atoms with E-state index in [1.165, 1.54) is 0 Å². The van der Waals surface area contributed by atoms with Crippen LogP contribution in [0.4, 0.5) is 0 Å². The molecule has 0 aromatic heterocycles. The monoisotopic (exact) mass is 334 g/mol. The van der Waals surface area contributed by atoms with Crippen LogP contribution in [0.1, 0.15) is 23.3 Å². The maximum Gasteiger partial charge on any atom is 0.113 e. The summed E-state index contributed by atoms with van der Waals surface area (Å²) < 4.78 is 0. The normalized spacial score (nSPS) is 19.1. The molecule has 0 radical (unpaired) electrons. The zero-order chi connectivity index (χ0) is 17.7. The number of aliphatic hydroxyl groups excluding tert-OH is 6. The summed E-state index contributed by atoms with van der Waals surface area (Å²) in [5, 5.41) is 60.4. The van der Waals surface area contributed by atoms with Crippen LogP contribution < -0.4 is 0 Å². The predicted octanol–water partition coefficient (Wildman–Crippen LogP) is -0.103. The van der Waals surface area contributed by atoms with Crippen LogP contribution in [0, 0.1) is 0 Å². The molecule has 0 saturated carbocycles. The van der Waals surface area contributed by atoms with Gasteiger partial charge >= 0.3 is 0 Å². The van der Waals surface area contributed by atoms with Crippen LogP contribution in [0.25, 0.3) is 0 Å². The SMILES string of the molecule is O[C@H]([C@@H](O)[C@H](O)[C@@H](O)c1ccccc1)[C@H](O)[C@@H](O)c1ccccc1. The lowest BCUT2D eigenvalue weighted by Gasteiger charge is -2.31. The number of benzene rings is 2. The second-order valence-corrected chi connectivity index (χ2v) is 5.67. The van der Waals surface area contributed by atoms with E-state index in [1.54, 1.807) is 60.7 Å². The van der Waals surface area contributed by atoms with Crippen LogP contribution in [-0.4, -0.2) is 55.1 Å². The number of hydrogen-bond acceptors (Lipinski definition) is 6. The molecule has 0 amide bonds. The first-order chi connectivity index (χ1) is 11.4. The lowest BCUT2D eigenvalue weighted by molar-refractivity contribution is -0.155. The Balaban J connectivity index is 2.06. The van der Waals surface area contributed by atoms with Crippen molar-refractivity contribution in [3.05, 3.63) is 71.8 Å². The summed E-state index contributed by atoms with van der Waals surface area (Å²) in [6.45, 7) is 0. The molecule has 0 spiro atoms. The highest BCUT2D eigenvalue weighted by Gasteiger charge is 2.37. The van der Waals surface area contributed by atoms with E-state index >= 15 is 0 Å². The van der Waals surface area contributed by atoms with Gasteiger partial charge in [0.2, 0.25) is 0 Å². The van der Waals surface area contributed by atoms with E-state index in [0.29, 0.717) is 11.1 Å². The fourth-order valence-corrected chi connectivity index (χ4v) is 2.47. The molecule has 0 bridgehead atoms. The third kappa shape index (κ3) is 4.18. The summed E-state index contributed by atoms with van der Waals surface area (Å²) in [4.78, 5) is 0. The smallest absolute Gasteiger partial charge is 0.113 e. The predicted molar refractivity (Wildman–Crippen MR) is 86.8 cm³/mol. The van der Waals surface area contributed by atoms with Crippen LogP contribution in [0.3, 0.4) is 0 Å². The van der Waals surface area contributed by atoms with E-state index in [2.05, 4.69) is 0 Å². The van der Waals surface area contributed by atoms with E-state index in [9.17, 15) is 30.6 Å². The minimum absolute atomic E-state index is 0.356. The molecule has 2 aromatic rings. The fourth-order valence-electron chi connectivity index (χ4n) is 2.47. The molecule has 2 aromatic carbocycles. The van der Waals surface area contributed by atoms with Crippen molar-refractivity contribution in [1.82, 2.24) is 0 Å². The van der Waals surface area contributed by atoms with E-state index in [0.717, 1.165) is 0 Å². The van der Waals surface area contributed by atoms with Crippen molar-refractivity contribution >= 4 is 0 Å². The van der Waals surface area contributed by atoms with Crippen molar-refractivity contribution in [3.8, 4) is 0 Å². The van der Waals surface area contributed by atoms with Crippen LogP contribution >= 0.6 is 0 Å². The van der Waals surface area contributed by atoms with Crippen LogP contribution in [0.15, 0.2) is 60.7 Å². The molecule has 130 valence electrons. The molecule has 0 saturated heterocycles. The third-order valence-corrected chi connectivity index (χ3v) is 3.98. The van der Waals surface area contributed by atoms with E-state index in [1.807, 2.05) is 0 Å². The topological polar surface area (TPSA) is 121 Å². The Kier molecular flexibility index (Phi) is 6.44. The quantitative estimate of drug-likeness (QED) is 0.420. The van der Waals surface area contributed by atoms with Gasteiger partial charge in [-0.3, -0.25) is 0 Å². The first-order valence-electron chi connectivity index (χ1n) is 7.61. The minimum atomic E-state index is -1.85. The molecule has 0 heterocycles. The van der Waals surface area contributed by atoms with E-state index in [4.69, 9.17) is 0 Å². The molecule has 0 unspecified atom stereocenters. The molecule has 2 rings (SSSR count). The highest BCUT2D eigenvalue weighted by atomic mass is 16.4. The van der Waals surface area contributed by atoms with Crippen molar-refractivity contribution in [2.45, 2.75) is 36.6 Å². The van der Waals surface area contributed by atoms with Gasteiger partial charge in [0.25, 0.3) is 0 Å². The fraction of sp³-hybridized carbons (Fsp3) is 0.333. The highest BCUT2D eigenvalue weighted by Crippen LogP contribution is 2.25. The summed E-state index contributed by atoms with van der Waals surface area (Å²) in [7, 11) is 0. The largest absolute Gasteiger partial charge is 0.387 e. The zero-order valence-electron chi connectivity index (χ0n) is 12.9. The van der Waals surface area contributed by atoms with Crippen molar-refractivity contribution in [1.29, 1.82) is 0 Å². The summed E-state index contributed by atoms with van der Waals surface area (Å²) in [5.41, 5.74) is 0.712. The van der Waals surface area contributed by atoms with Gasteiger partial charge in [0.05, 0.1) is 0 Å². The maximum atomic E-state index is 10.1. The highest BCUT2D eigenvalue weighted by molar-refractivity contribution is 5.20. The molecule has 6 atom stereocenters. The second-order valence-electron chi connectivity index (χ2n) is 5.67. The zero-order valence-corrected chi connectivity index (χ0v) is 12.9. The molecule has 6 heteroatoms. The molecule has 0 aliphatic rings. The van der Waals surface area contributed by atoms with Crippen LogP contribution in [0.2, 0.25) is 0 Å². The van der Waals surface area contributed by atoms with Gasteiger partial charge in [-0.15, -0.1) is 0 Å². The molecule has 24 heavy (non-hydrogen) atoms. The molecule has 0 fully saturated rings. The van der Waals surface area contributed by atoms with E-state index < -0.39 is 36.6 Å². The molecule has 6 nitrogen and oxygen atoms in total. The summed E-state index contributed by atoms with van der Waals surface area (Å²) in [6.07, 6.45) is -10.1. The Morgan fingerprint density at radius 2 is 0.708 bits per heavy atom. The van der Waals surface area contributed by atoms with Gasteiger partial charge in [0.15, 0.2) is 0 Å². The van der Waals surface area contributed by atoms with Crippen molar-refractivity contribution in [2.75, 3.05) is 0 Å². The maximum absolute atomic E-state index is 10.1. The first-order valence-corrected chi connectivity index (χ1v) is 7.61.